The van der Waals surface area contributed by atoms with Crippen molar-refractivity contribution in [3.8, 4) is 0 Å². The molecule has 1 saturated heterocycles. The van der Waals surface area contributed by atoms with Gasteiger partial charge in [0.05, 0.1) is 6.10 Å². The average Bonchev–Trinajstić information content (AvgIpc) is 3.11. The van der Waals surface area contributed by atoms with Crippen LogP contribution in [0, 0.1) is 34.5 Å². The summed E-state index contributed by atoms with van der Waals surface area (Å²) >= 11 is 0. The smallest absolute Gasteiger partial charge is 0.157 e. The number of hydrogen-bond donors (Lipinski definition) is 1. The molecule has 1 aliphatic heterocycles. The van der Waals surface area contributed by atoms with Gasteiger partial charge in [-0.3, -0.25) is 0 Å². The van der Waals surface area contributed by atoms with Crippen molar-refractivity contribution in [2.75, 3.05) is 13.2 Å². The van der Waals surface area contributed by atoms with Crippen LogP contribution in [0.1, 0.15) is 104 Å². The molecular weight excluding hydrogens is 408 g/mol. The number of unbranched alkanes of at least 4 members (excludes halogenated alkanes) is 1. The first-order chi connectivity index (χ1) is 16.0. The Labute approximate surface area is 202 Å². The third-order valence-corrected chi connectivity index (χ3v) is 10.8. The lowest BCUT2D eigenvalue weighted by atomic mass is 9.47. The summed E-state index contributed by atoms with van der Waals surface area (Å²) in [5, 5.41) is 10.3. The monoisotopic (exact) mass is 456 g/mol. The van der Waals surface area contributed by atoms with E-state index in [9.17, 15) is 5.11 Å². The zero-order valence-electron chi connectivity index (χ0n) is 21.5. The highest BCUT2D eigenvalue weighted by atomic mass is 16.7. The number of aliphatic hydroxyl groups excluding tert-OH is 1. The maximum absolute atomic E-state index is 10.3. The fourth-order valence-electron chi connectivity index (χ4n) is 9.08. The van der Waals surface area contributed by atoms with Crippen molar-refractivity contribution >= 4 is 0 Å². The molecule has 1 heterocycles. The molecule has 5 rings (SSSR count). The van der Waals surface area contributed by atoms with Crippen molar-refractivity contribution in [2.45, 2.75) is 117 Å². The number of hydrogen-bond acceptors (Lipinski definition) is 3. The highest BCUT2D eigenvalue weighted by Gasteiger charge is 2.59. The molecule has 0 aromatic heterocycles. The van der Waals surface area contributed by atoms with Crippen LogP contribution in [-0.4, -0.2) is 30.7 Å². The van der Waals surface area contributed by atoms with E-state index in [-0.39, 0.29) is 12.4 Å². The molecule has 3 nitrogen and oxygen atoms in total. The molecule has 5 aliphatic rings. The molecule has 1 N–H and O–H groups in total. The fourth-order valence-corrected chi connectivity index (χ4v) is 9.08. The molecule has 3 saturated carbocycles. The van der Waals surface area contributed by atoms with Gasteiger partial charge in [0.25, 0.3) is 0 Å². The maximum atomic E-state index is 10.3. The second-order valence-corrected chi connectivity index (χ2v) is 12.5. The van der Waals surface area contributed by atoms with Crippen LogP contribution in [0.15, 0.2) is 23.3 Å². The molecule has 0 bridgehead atoms. The van der Waals surface area contributed by atoms with Crippen molar-refractivity contribution < 1.29 is 14.6 Å². The molecule has 33 heavy (non-hydrogen) atoms. The highest BCUT2D eigenvalue weighted by Crippen LogP contribution is 2.68. The number of allylic oxidation sites excluding steroid dienone is 3. The fraction of sp³-hybridized carbons (Fsp3) is 0.867. The van der Waals surface area contributed by atoms with Gasteiger partial charge >= 0.3 is 0 Å². The zero-order chi connectivity index (χ0) is 23.1. The predicted molar refractivity (Wildman–Crippen MR) is 134 cm³/mol. The maximum Gasteiger partial charge on any atom is 0.157 e. The minimum absolute atomic E-state index is 0.0558. The summed E-state index contributed by atoms with van der Waals surface area (Å²) < 4.78 is 11.8. The Morgan fingerprint density at radius 1 is 1.09 bits per heavy atom. The highest BCUT2D eigenvalue weighted by molar-refractivity contribution is 5.30. The number of fused-ring (bicyclic) bond motifs is 5. The van der Waals surface area contributed by atoms with E-state index >= 15 is 0 Å². The van der Waals surface area contributed by atoms with Crippen molar-refractivity contribution in [1.29, 1.82) is 0 Å². The molecule has 186 valence electrons. The Morgan fingerprint density at radius 2 is 1.94 bits per heavy atom. The first-order valence-corrected chi connectivity index (χ1v) is 14.2. The molecule has 8 atom stereocenters. The molecule has 0 radical (unpaired) electrons. The quantitative estimate of drug-likeness (QED) is 0.339. The Balaban J connectivity index is 1.26. The summed E-state index contributed by atoms with van der Waals surface area (Å²) in [7, 11) is 0. The van der Waals surface area contributed by atoms with Crippen LogP contribution >= 0.6 is 0 Å². The summed E-state index contributed by atoms with van der Waals surface area (Å²) in [5.74, 6) is 3.29. The van der Waals surface area contributed by atoms with Gasteiger partial charge in [0.15, 0.2) is 6.29 Å². The summed E-state index contributed by atoms with van der Waals surface area (Å²) in [6.07, 6.45) is 20.7. The molecule has 0 spiro atoms. The first-order valence-electron chi connectivity index (χ1n) is 14.2. The summed E-state index contributed by atoms with van der Waals surface area (Å²) in [6.45, 7) is 9.17. The van der Waals surface area contributed by atoms with E-state index in [1.54, 1.807) is 11.1 Å². The Hall–Kier alpha value is -0.640. The van der Waals surface area contributed by atoms with Gasteiger partial charge in [-0.15, -0.1) is 0 Å². The second kappa shape index (κ2) is 9.78. The van der Waals surface area contributed by atoms with Crippen molar-refractivity contribution in [3.05, 3.63) is 23.3 Å². The van der Waals surface area contributed by atoms with Crippen LogP contribution in [0.4, 0.5) is 0 Å². The summed E-state index contributed by atoms with van der Waals surface area (Å²) in [6, 6.07) is 0. The van der Waals surface area contributed by atoms with E-state index in [2.05, 4.69) is 32.9 Å². The topological polar surface area (TPSA) is 38.7 Å². The van der Waals surface area contributed by atoms with Gasteiger partial charge in [-0.05, 0) is 118 Å². The van der Waals surface area contributed by atoms with Crippen LogP contribution in [0.25, 0.3) is 0 Å². The van der Waals surface area contributed by atoms with Gasteiger partial charge in [0, 0.05) is 13.2 Å². The van der Waals surface area contributed by atoms with E-state index in [0.29, 0.717) is 10.8 Å². The summed E-state index contributed by atoms with van der Waals surface area (Å²) in [5.41, 5.74) is 4.08. The van der Waals surface area contributed by atoms with Crippen molar-refractivity contribution in [1.82, 2.24) is 0 Å². The molecule has 0 amide bonds. The van der Waals surface area contributed by atoms with E-state index in [1.165, 1.54) is 64.2 Å². The van der Waals surface area contributed by atoms with E-state index in [0.717, 1.165) is 56.1 Å². The standard InChI is InChI=1S/C30H48O3/c1-4-22-19-21(9-5-7-17-32-27-10-6-8-18-33-27)28-25-12-11-23-20-24(31)13-15-29(23,2)26(25)14-16-30(22,28)3/h4,11,21,24-28,31H,5-10,12-20H2,1-3H3/b22-4-/t21-,24+,25-,26+,27?,28+,29+,30-/m1/s1. The van der Waals surface area contributed by atoms with Crippen LogP contribution in [0.3, 0.4) is 0 Å². The van der Waals surface area contributed by atoms with E-state index in [4.69, 9.17) is 9.47 Å². The normalized spacial score (nSPS) is 46.4. The molecule has 3 heteroatoms. The Kier molecular flexibility index (Phi) is 7.14. The van der Waals surface area contributed by atoms with Crippen molar-refractivity contribution in [2.24, 2.45) is 34.5 Å². The van der Waals surface area contributed by atoms with Crippen molar-refractivity contribution in [3.63, 3.8) is 0 Å². The van der Waals surface area contributed by atoms with Crippen LogP contribution < -0.4 is 0 Å². The second-order valence-electron chi connectivity index (χ2n) is 12.5. The number of ether oxygens (including phenoxy) is 2. The summed E-state index contributed by atoms with van der Waals surface area (Å²) in [4.78, 5) is 0. The van der Waals surface area contributed by atoms with Crippen LogP contribution in [0.2, 0.25) is 0 Å². The largest absolute Gasteiger partial charge is 0.393 e. The lowest BCUT2D eigenvalue weighted by Crippen LogP contribution is -2.50. The number of rotatable bonds is 6. The number of aliphatic hydroxyl groups is 1. The molecule has 1 unspecified atom stereocenters. The van der Waals surface area contributed by atoms with Gasteiger partial charge < -0.3 is 14.6 Å². The van der Waals surface area contributed by atoms with E-state index < -0.39 is 0 Å². The third kappa shape index (κ3) is 4.40. The van der Waals surface area contributed by atoms with Gasteiger partial charge in [-0.25, -0.2) is 0 Å². The lowest BCUT2D eigenvalue weighted by molar-refractivity contribution is -0.162. The molecular formula is C30H48O3. The zero-order valence-corrected chi connectivity index (χ0v) is 21.5. The van der Waals surface area contributed by atoms with Gasteiger partial charge in [0.1, 0.15) is 0 Å². The Morgan fingerprint density at radius 3 is 2.73 bits per heavy atom. The molecule has 4 fully saturated rings. The lowest BCUT2D eigenvalue weighted by Gasteiger charge is -2.58. The first kappa shape index (κ1) is 24.1. The molecule has 4 aliphatic carbocycles. The van der Waals surface area contributed by atoms with E-state index in [1.807, 2.05) is 0 Å². The predicted octanol–water partition coefficient (Wildman–Crippen LogP) is 7.20. The van der Waals surface area contributed by atoms with Gasteiger partial charge in [0.2, 0.25) is 0 Å². The van der Waals surface area contributed by atoms with Crippen LogP contribution in [-0.2, 0) is 9.47 Å². The minimum atomic E-state index is -0.107. The minimum Gasteiger partial charge on any atom is -0.393 e. The third-order valence-electron chi connectivity index (χ3n) is 10.8. The van der Waals surface area contributed by atoms with Gasteiger partial charge in [-0.2, -0.15) is 0 Å². The van der Waals surface area contributed by atoms with Gasteiger partial charge in [-0.1, -0.05) is 43.6 Å². The molecule has 0 aromatic rings. The SMILES string of the molecule is C/C=C1/C[C@@H](CCCCOC2CCCCO2)[C@H]2[C@@H]3CC=C4C[C@@H](O)CC[C@]4(C)[C@H]3CC[C@]12C. The van der Waals surface area contributed by atoms with Crippen LogP contribution in [0.5, 0.6) is 0 Å². The average molecular weight is 457 g/mol. The Bertz CT molecular complexity index is 750. The molecule has 0 aromatic carbocycles.